The quantitative estimate of drug-likeness (QED) is 0.781. The molecule has 0 fully saturated rings. The second-order valence-corrected chi connectivity index (χ2v) is 9.68. The highest BCUT2D eigenvalue weighted by Gasteiger charge is 2.37. The van der Waals surface area contributed by atoms with Gasteiger partial charge in [-0.15, -0.1) is 0 Å². The Balaban J connectivity index is 2.14. The fraction of sp³-hybridized carbons (Fsp3) is 0.455. The molecule has 7 heteroatoms. The number of hydrogen-bond donors (Lipinski definition) is 2. The number of hydrogen-bond acceptors (Lipinski definition) is 5. The van der Waals surface area contributed by atoms with Crippen molar-refractivity contribution in [2.45, 2.75) is 37.8 Å². The van der Waals surface area contributed by atoms with E-state index in [0.29, 0.717) is 12.3 Å². The van der Waals surface area contributed by atoms with Crippen molar-refractivity contribution in [2.24, 2.45) is 5.92 Å². The van der Waals surface area contributed by atoms with Crippen LogP contribution in [-0.2, 0) is 10.0 Å². The summed E-state index contributed by atoms with van der Waals surface area (Å²) in [5.74, 6) is 0.299. The first-order chi connectivity index (χ1) is 13.8. The molecule has 2 aromatic carbocycles. The summed E-state index contributed by atoms with van der Waals surface area (Å²) in [5.41, 5.74) is 3.06. The molecule has 0 saturated heterocycles. The Kier molecular flexibility index (Phi) is 6.63. The molecule has 2 aromatic rings. The molecule has 158 valence electrons. The van der Waals surface area contributed by atoms with Gasteiger partial charge in [0.15, 0.2) is 0 Å². The summed E-state index contributed by atoms with van der Waals surface area (Å²) in [6, 6.07) is 12.8. The summed E-state index contributed by atoms with van der Waals surface area (Å²) < 4.78 is 34.4. The van der Waals surface area contributed by atoms with E-state index >= 15 is 0 Å². The maximum atomic E-state index is 13.4. The molecule has 0 radical (unpaired) electrons. The van der Waals surface area contributed by atoms with Gasteiger partial charge in [-0.2, -0.15) is 4.31 Å². The fourth-order valence-electron chi connectivity index (χ4n) is 3.60. The Morgan fingerprint density at radius 2 is 1.86 bits per heavy atom. The number of nitrogens with one attached hydrogen (secondary N) is 1. The number of ether oxygens (including phenoxy) is 1. The lowest BCUT2D eigenvalue weighted by Gasteiger charge is -2.36. The van der Waals surface area contributed by atoms with Crippen molar-refractivity contribution in [3.05, 3.63) is 48.0 Å². The second kappa shape index (κ2) is 8.83. The van der Waals surface area contributed by atoms with Crippen LogP contribution in [-0.4, -0.2) is 56.7 Å². The van der Waals surface area contributed by atoms with Gasteiger partial charge in [-0.1, -0.05) is 42.8 Å². The minimum atomic E-state index is -3.80. The Morgan fingerprint density at radius 1 is 1.21 bits per heavy atom. The zero-order valence-corrected chi connectivity index (χ0v) is 18.2. The minimum absolute atomic E-state index is 0.0533. The van der Waals surface area contributed by atoms with Crippen LogP contribution in [0.5, 0.6) is 5.75 Å². The van der Waals surface area contributed by atoms with Gasteiger partial charge in [0, 0.05) is 25.0 Å². The smallest absolute Gasteiger partial charge is 0.247 e. The van der Waals surface area contributed by atoms with Gasteiger partial charge >= 0.3 is 0 Å². The van der Waals surface area contributed by atoms with E-state index in [1.54, 1.807) is 19.1 Å². The average Bonchev–Trinajstić information content (AvgIpc) is 2.70. The summed E-state index contributed by atoms with van der Waals surface area (Å²) >= 11 is 0. The number of aliphatic hydroxyl groups is 1. The molecule has 0 aliphatic carbocycles. The largest absolute Gasteiger partial charge is 0.487 e. The molecular weight excluding hydrogens is 388 g/mol. The van der Waals surface area contributed by atoms with E-state index in [2.05, 4.69) is 5.32 Å². The number of sulfonamides is 1. The van der Waals surface area contributed by atoms with Crippen LogP contribution in [0.2, 0.25) is 0 Å². The van der Waals surface area contributed by atoms with Gasteiger partial charge in [0.1, 0.15) is 16.7 Å². The van der Waals surface area contributed by atoms with Crippen LogP contribution in [0.4, 0.5) is 0 Å². The molecule has 3 rings (SSSR count). The molecule has 29 heavy (non-hydrogen) atoms. The van der Waals surface area contributed by atoms with E-state index in [4.69, 9.17) is 4.74 Å². The third-order valence-corrected chi connectivity index (χ3v) is 7.48. The number of likely N-dealkylation sites (N-methyl/N-ethyl adjacent to an activating group) is 1. The number of rotatable bonds is 5. The summed E-state index contributed by atoms with van der Waals surface area (Å²) in [5, 5.41) is 12.8. The van der Waals surface area contributed by atoms with Crippen molar-refractivity contribution < 1.29 is 18.3 Å². The number of benzene rings is 2. The van der Waals surface area contributed by atoms with Crippen molar-refractivity contribution in [1.82, 2.24) is 9.62 Å². The van der Waals surface area contributed by atoms with Gasteiger partial charge < -0.3 is 15.2 Å². The number of nitrogens with zero attached hydrogens (tertiary/aromatic N) is 1. The zero-order chi connectivity index (χ0) is 21.2. The first-order valence-corrected chi connectivity index (χ1v) is 11.4. The van der Waals surface area contributed by atoms with Gasteiger partial charge in [0.05, 0.1) is 6.61 Å². The van der Waals surface area contributed by atoms with Crippen molar-refractivity contribution in [1.29, 1.82) is 0 Å². The van der Waals surface area contributed by atoms with Crippen LogP contribution in [0.1, 0.15) is 19.4 Å². The Bertz CT molecular complexity index is 944. The third-order valence-electron chi connectivity index (χ3n) is 5.46. The molecule has 0 unspecified atom stereocenters. The highest BCUT2D eigenvalue weighted by atomic mass is 32.2. The first-order valence-electron chi connectivity index (χ1n) is 9.93. The highest BCUT2D eigenvalue weighted by molar-refractivity contribution is 7.89. The average molecular weight is 419 g/mol. The van der Waals surface area contributed by atoms with Crippen molar-refractivity contribution in [3.8, 4) is 16.9 Å². The normalized spacial score (nSPS) is 22.8. The lowest BCUT2D eigenvalue weighted by atomic mass is 10.0. The highest BCUT2D eigenvalue weighted by Crippen LogP contribution is 2.36. The van der Waals surface area contributed by atoms with E-state index in [1.165, 1.54) is 4.31 Å². The maximum absolute atomic E-state index is 13.4. The molecule has 2 N–H and O–H groups in total. The Hall–Kier alpha value is -1.93. The molecule has 0 saturated carbocycles. The summed E-state index contributed by atoms with van der Waals surface area (Å²) in [7, 11) is -1.95. The molecule has 1 aliphatic heterocycles. The molecule has 1 aliphatic rings. The van der Waals surface area contributed by atoms with E-state index in [9.17, 15) is 13.5 Å². The maximum Gasteiger partial charge on any atom is 0.247 e. The van der Waals surface area contributed by atoms with Crippen LogP contribution < -0.4 is 10.1 Å². The lowest BCUT2D eigenvalue weighted by Crippen LogP contribution is -2.49. The van der Waals surface area contributed by atoms with E-state index in [1.807, 2.05) is 51.2 Å². The molecule has 0 amide bonds. The zero-order valence-electron chi connectivity index (χ0n) is 17.4. The lowest BCUT2D eigenvalue weighted by molar-refractivity contribution is 0.103. The Labute approximate surface area is 173 Å². The number of aliphatic hydroxyl groups excluding tert-OH is 1. The van der Waals surface area contributed by atoms with E-state index < -0.39 is 16.1 Å². The van der Waals surface area contributed by atoms with Crippen molar-refractivity contribution in [2.75, 3.05) is 26.7 Å². The summed E-state index contributed by atoms with van der Waals surface area (Å²) in [4.78, 5) is 0.140. The van der Waals surface area contributed by atoms with E-state index in [-0.39, 0.29) is 30.1 Å². The van der Waals surface area contributed by atoms with Crippen LogP contribution in [0, 0.1) is 12.8 Å². The standard InChI is InChI=1S/C22H30N2O4S/c1-15-5-7-18(8-6-15)19-9-10-22-20(11-19)28-21(12-23-4)16(2)13-24(17(3)14-25)29(22,26)27/h5-11,16-17,21,23,25H,12-14H2,1-4H3/t16-,17-,21+/m1/s1. The SMILES string of the molecule is CNC[C@@H]1Oc2cc(-c3ccc(C)cc3)ccc2S(=O)(=O)N([C@H](C)CO)C[C@H]1C. The summed E-state index contributed by atoms with van der Waals surface area (Å²) in [6.07, 6.45) is -0.198. The van der Waals surface area contributed by atoms with Crippen LogP contribution in [0.3, 0.4) is 0 Å². The predicted molar refractivity (Wildman–Crippen MR) is 115 cm³/mol. The van der Waals surface area contributed by atoms with Gasteiger partial charge in [0.25, 0.3) is 0 Å². The molecule has 1 heterocycles. The van der Waals surface area contributed by atoms with Gasteiger partial charge in [-0.3, -0.25) is 0 Å². The predicted octanol–water partition coefficient (Wildman–Crippen LogP) is 2.65. The monoisotopic (exact) mass is 418 g/mol. The fourth-order valence-corrected chi connectivity index (χ4v) is 5.42. The van der Waals surface area contributed by atoms with Crippen LogP contribution in [0.25, 0.3) is 11.1 Å². The molecule has 0 aromatic heterocycles. The van der Waals surface area contributed by atoms with Crippen LogP contribution >= 0.6 is 0 Å². The minimum Gasteiger partial charge on any atom is -0.487 e. The number of fused-ring (bicyclic) bond motifs is 1. The third kappa shape index (κ3) is 4.48. The summed E-state index contributed by atoms with van der Waals surface area (Å²) in [6.45, 7) is 6.37. The van der Waals surface area contributed by atoms with E-state index in [0.717, 1.165) is 16.7 Å². The topological polar surface area (TPSA) is 78.9 Å². The van der Waals surface area contributed by atoms with Crippen molar-refractivity contribution in [3.63, 3.8) is 0 Å². The second-order valence-electron chi connectivity index (χ2n) is 7.83. The van der Waals surface area contributed by atoms with Gasteiger partial charge in [-0.05, 0) is 44.2 Å². The first kappa shape index (κ1) is 21.8. The Morgan fingerprint density at radius 3 is 2.48 bits per heavy atom. The van der Waals surface area contributed by atoms with Gasteiger partial charge in [-0.25, -0.2) is 8.42 Å². The molecule has 0 bridgehead atoms. The molecule has 0 spiro atoms. The van der Waals surface area contributed by atoms with Crippen LogP contribution in [0.15, 0.2) is 47.4 Å². The molecule has 6 nitrogen and oxygen atoms in total. The molecular formula is C22H30N2O4S. The van der Waals surface area contributed by atoms with Gasteiger partial charge in [0.2, 0.25) is 10.0 Å². The molecule has 3 atom stereocenters. The van der Waals surface area contributed by atoms with Crippen molar-refractivity contribution >= 4 is 10.0 Å². The number of aryl methyl sites for hydroxylation is 1.